The predicted molar refractivity (Wildman–Crippen MR) is 63.9 cm³/mol. The highest BCUT2D eigenvalue weighted by Gasteiger charge is 2.45. The van der Waals surface area contributed by atoms with E-state index in [1.807, 2.05) is 0 Å². The first-order valence-electron chi connectivity index (χ1n) is 5.96. The van der Waals surface area contributed by atoms with Gasteiger partial charge in [-0.3, -0.25) is 4.52 Å². The average Bonchev–Trinajstić information content (AvgIpc) is 2.44. The number of phosphoric ester groups is 1. The lowest BCUT2D eigenvalue weighted by Gasteiger charge is -2.39. The Morgan fingerprint density at radius 1 is 1.18 bits per heavy atom. The van der Waals surface area contributed by atoms with Gasteiger partial charge in [0.05, 0.1) is 13.2 Å². The van der Waals surface area contributed by atoms with Gasteiger partial charge >= 0.3 is 13.8 Å². The number of aliphatic hydroxyl groups excluding tert-OH is 5. The normalized spacial score (nSPS) is 34.2. The summed E-state index contributed by atoms with van der Waals surface area (Å²) in [6.45, 7) is -1.83. The fourth-order valence-corrected chi connectivity index (χ4v) is 1.93. The predicted octanol–water partition coefficient (Wildman–Crippen LogP) is -4.20. The van der Waals surface area contributed by atoms with Gasteiger partial charge < -0.3 is 44.8 Å². The lowest BCUT2D eigenvalue weighted by molar-refractivity contribution is -0.294. The second-order valence-electron chi connectivity index (χ2n) is 4.44. The van der Waals surface area contributed by atoms with Gasteiger partial charge in [-0.15, -0.1) is 0 Å². The molecule has 22 heavy (non-hydrogen) atoms. The van der Waals surface area contributed by atoms with Gasteiger partial charge in [-0.05, 0) is 0 Å². The Morgan fingerprint density at radius 2 is 1.77 bits per heavy atom. The van der Waals surface area contributed by atoms with Crippen LogP contribution >= 0.6 is 7.82 Å². The van der Waals surface area contributed by atoms with Crippen LogP contribution in [0.3, 0.4) is 0 Å². The lowest BCUT2D eigenvalue weighted by Crippen LogP contribution is -2.59. The minimum absolute atomic E-state index is 0.747. The zero-order chi connectivity index (χ0) is 17.1. The van der Waals surface area contributed by atoms with Crippen molar-refractivity contribution in [3.05, 3.63) is 0 Å². The van der Waals surface area contributed by atoms with E-state index in [-0.39, 0.29) is 0 Å². The molecule has 1 aliphatic heterocycles. The Morgan fingerprint density at radius 3 is 2.27 bits per heavy atom. The van der Waals surface area contributed by atoms with Gasteiger partial charge in [0.1, 0.15) is 24.4 Å². The Hall–Kier alpha value is -0.660. The molecule has 6 atom stereocenters. The van der Waals surface area contributed by atoms with Crippen molar-refractivity contribution in [2.45, 2.75) is 36.8 Å². The van der Waals surface area contributed by atoms with E-state index < -0.39 is 63.8 Å². The van der Waals surface area contributed by atoms with E-state index >= 15 is 0 Å². The summed E-state index contributed by atoms with van der Waals surface area (Å²) in [4.78, 5) is 28.3. The molecular formula is C9H17O12P. The number of carbonyl (C=O) groups excluding carboxylic acids is 1. The molecule has 1 rings (SSSR count). The number of carbonyl (C=O) groups is 1. The summed E-state index contributed by atoms with van der Waals surface area (Å²) in [7, 11) is -4.90. The number of hydrogen-bond donors (Lipinski definition) is 7. The van der Waals surface area contributed by atoms with Crippen LogP contribution < -0.4 is 0 Å². The molecule has 1 fully saturated rings. The van der Waals surface area contributed by atoms with Crippen LogP contribution in [0, 0.1) is 0 Å². The van der Waals surface area contributed by atoms with Crippen LogP contribution in [0.4, 0.5) is 0 Å². The highest BCUT2D eigenvalue weighted by molar-refractivity contribution is 7.46. The number of rotatable bonds is 6. The Balaban J connectivity index is 2.60. The fraction of sp³-hybridized carbons (Fsp3) is 0.889. The van der Waals surface area contributed by atoms with Crippen molar-refractivity contribution < 1.29 is 58.7 Å². The molecule has 0 aromatic carbocycles. The molecule has 1 heterocycles. The van der Waals surface area contributed by atoms with E-state index in [1.165, 1.54) is 0 Å². The van der Waals surface area contributed by atoms with Crippen LogP contribution in [0.15, 0.2) is 0 Å². The second-order valence-corrected chi connectivity index (χ2v) is 5.68. The molecular weight excluding hydrogens is 331 g/mol. The van der Waals surface area contributed by atoms with Crippen molar-refractivity contribution in [3.8, 4) is 0 Å². The molecule has 0 saturated carbocycles. The number of ether oxygens (including phenoxy) is 2. The number of esters is 1. The molecule has 130 valence electrons. The Bertz CT molecular complexity index is 421. The molecule has 12 nitrogen and oxygen atoms in total. The summed E-state index contributed by atoms with van der Waals surface area (Å²) in [6.07, 6.45) is -10.5. The van der Waals surface area contributed by atoms with Crippen LogP contribution in [0.5, 0.6) is 0 Å². The minimum atomic E-state index is -4.90. The van der Waals surface area contributed by atoms with Crippen LogP contribution in [0.1, 0.15) is 0 Å². The third kappa shape index (κ3) is 5.21. The molecule has 0 amide bonds. The highest BCUT2D eigenvalue weighted by atomic mass is 31.2. The van der Waals surface area contributed by atoms with Crippen molar-refractivity contribution in [1.82, 2.24) is 0 Å². The van der Waals surface area contributed by atoms with E-state index in [4.69, 9.17) is 19.6 Å². The Kier molecular flexibility index (Phi) is 6.83. The summed E-state index contributed by atoms with van der Waals surface area (Å²) < 4.78 is 23.7. The van der Waals surface area contributed by atoms with Gasteiger partial charge in [0.2, 0.25) is 6.29 Å². The van der Waals surface area contributed by atoms with E-state index in [2.05, 4.69) is 9.26 Å². The average molecular weight is 348 g/mol. The van der Waals surface area contributed by atoms with E-state index in [1.54, 1.807) is 0 Å². The lowest BCUT2D eigenvalue weighted by atomic mass is 9.99. The summed E-state index contributed by atoms with van der Waals surface area (Å²) in [5.41, 5.74) is 0. The van der Waals surface area contributed by atoms with Gasteiger partial charge in [-0.1, -0.05) is 0 Å². The first kappa shape index (κ1) is 19.4. The molecule has 1 saturated heterocycles. The maximum absolute atomic E-state index is 11.5. The standard InChI is InChI=1S/C9H17O12P/c10-1-4-5(12)6(13)7(14)9(20-4)21-8(15)3(11)2-19-22(16,17)18/h3-7,9-14H,1-2H2,(H2,16,17,18)/t3?,4-,5-,6+,7-,9?/m1/s1. The van der Waals surface area contributed by atoms with E-state index in [9.17, 15) is 29.8 Å². The zero-order valence-corrected chi connectivity index (χ0v) is 11.9. The number of hydrogen-bond acceptors (Lipinski definition) is 10. The molecule has 2 unspecified atom stereocenters. The van der Waals surface area contributed by atoms with Gasteiger partial charge in [0.25, 0.3) is 0 Å². The van der Waals surface area contributed by atoms with Gasteiger partial charge in [-0.25, -0.2) is 9.36 Å². The zero-order valence-electron chi connectivity index (χ0n) is 11.0. The van der Waals surface area contributed by atoms with Crippen molar-refractivity contribution >= 4 is 13.8 Å². The molecule has 0 spiro atoms. The first-order chi connectivity index (χ1) is 10.1. The van der Waals surface area contributed by atoms with Gasteiger partial charge in [0, 0.05) is 0 Å². The molecule has 0 bridgehead atoms. The number of aliphatic hydroxyl groups is 5. The van der Waals surface area contributed by atoms with E-state index in [0.717, 1.165) is 0 Å². The van der Waals surface area contributed by atoms with Crippen LogP contribution in [0.2, 0.25) is 0 Å². The molecule has 0 aromatic heterocycles. The molecule has 1 aliphatic rings. The molecule has 0 aromatic rings. The van der Waals surface area contributed by atoms with Crippen molar-refractivity contribution in [1.29, 1.82) is 0 Å². The SMILES string of the molecule is O=C(OC1O[C@H](CO)[C@@H](O)[C@H](O)[C@H]1O)C(O)COP(=O)(O)O. The van der Waals surface area contributed by atoms with Gasteiger partial charge in [0.15, 0.2) is 6.10 Å². The molecule has 7 N–H and O–H groups in total. The highest BCUT2D eigenvalue weighted by Crippen LogP contribution is 2.35. The maximum Gasteiger partial charge on any atom is 0.469 e. The summed E-state index contributed by atoms with van der Waals surface area (Å²) >= 11 is 0. The van der Waals surface area contributed by atoms with Gasteiger partial charge in [-0.2, -0.15) is 0 Å². The largest absolute Gasteiger partial charge is 0.469 e. The monoisotopic (exact) mass is 348 g/mol. The topological polar surface area (TPSA) is 203 Å². The third-order valence-electron chi connectivity index (χ3n) is 2.75. The number of phosphoric acid groups is 1. The van der Waals surface area contributed by atoms with Crippen molar-refractivity contribution in [2.75, 3.05) is 13.2 Å². The van der Waals surface area contributed by atoms with Crippen LogP contribution in [-0.2, 0) is 23.4 Å². The van der Waals surface area contributed by atoms with Crippen molar-refractivity contribution in [3.63, 3.8) is 0 Å². The van der Waals surface area contributed by atoms with Crippen molar-refractivity contribution in [2.24, 2.45) is 0 Å². The first-order valence-corrected chi connectivity index (χ1v) is 7.49. The smallest absolute Gasteiger partial charge is 0.431 e. The molecule has 0 aliphatic carbocycles. The summed E-state index contributed by atoms with van der Waals surface area (Å²) in [6, 6.07) is 0. The quantitative estimate of drug-likeness (QED) is 0.180. The summed E-state index contributed by atoms with van der Waals surface area (Å²) in [5, 5.41) is 46.8. The van der Waals surface area contributed by atoms with Crippen LogP contribution in [-0.4, -0.2) is 91.3 Å². The molecule has 13 heteroatoms. The van der Waals surface area contributed by atoms with Crippen LogP contribution in [0.25, 0.3) is 0 Å². The maximum atomic E-state index is 11.5. The second kappa shape index (κ2) is 7.75. The minimum Gasteiger partial charge on any atom is -0.431 e. The molecule has 0 radical (unpaired) electrons. The summed E-state index contributed by atoms with van der Waals surface area (Å²) in [5.74, 6) is -1.46. The van der Waals surface area contributed by atoms with E-state index in [0.29, 0.717) is 0 Å². The third-order valence-corrected chi connectivity index (χ3v) is 3.24. The Labute approximate surface area is 123 Å². The fourth-order valence-electron chi connectivity index (χ4n) is 1.59.